The number of rotatable bonds is 4. The van der Waals surface area contributed by atoms with Crippen LogP contribution in [0, 0.1) is 5.92 Å². The van der Waals surface area contributed by atoms with Gasteiger partial charge in [0.05, 0.1) is 7.11 Å². The molecule has 0 saturated heterocycles. The summed E-state index contributed by atoms with van der Waals surface area (Å²) in [4.78, 5) is 11.6. The summed E-state index contributed by atoms with van der Waals surface area (Å²) >= 11 is 0. The Morgan fingerprint density at radius 3 is 2.86 bits per heavy atom. The molecule has 0 radical (unpaired) electrons. The van der Waals surface area contributed by atoms with Crippen molar-refractivity contribution in [2.24, 2.45) is 5.92 Å². The molecule has 0 aromatic carbocycles. The van der Waals surface area contributed by atoms with Crippen LogP contribution in [-0.4, -0.2) is 26.1 Å². The fourth-order valence-corrected chi connectivity index (χ4v) is 1.66. The van der Waals surface area contributed by atoms with Crippen LogP contribution >= 0.6 is 0 Å². The number of carbonyl (C=O) groups excluding carboxylic acids is 1. The minimum absolute atomic E-state index is 0.0599. The lowest BCUT2D eigenvalue weighted by Gasteiger charge is -2.24. The van der Waals surface area contributed by atoms with Gasteiger partial charge in [0, 0.05) is 7.11 Å². The lowest BCUT2D eigenvalue weighted by molar-refractivity contribution is -0.129. The van der Waals surface area contributed by atoms with E-state index in [0.717, 1.165) is 6.42 Å². The van der Waals surface area contributed by atoms with E-state index in [1.165, 1.54) is 7.11 Å². The quantitative estimate of drug-likeness (QED) is 0.642. The van der Waals surface area contributed by atoms with E-state index in [-0.39, 0.29) is 11.9 Å². The molecule has 0 bridgehead atoms. The first-order valence-corrected chi connectivity index (χ1v) is 4.66. The van der Waals surface area contributed by atoms with Gasteiger partial charge in [0.1, 0.15) is 6.10 Å². The van der Waals surface area contributed by atoms with E-state index in [4.69, 9.17) is 9.47 Å². The molecule has 0 aromatic rings. The summed E-state index contributed by atoms with van der Waals surface area (Å²) in [5, 5.41) is 0. The fourth-order valence-electron chi connectivity index (χ4n) is 1.66. The Balaban J connectivity index is 2.80. The number of hydrogen-bond donors (Lipinski definition) is 0. The molecular formula is C11H16O3. The van der Waals surface area contributed by atoms with Crippen LogP contribution in [0.15, 0.2) is 24.5 Å². The van der Waals surface area contributed by atoms with Gasteiger partial charge in [-0.2, -0.15) is 0 Å². The van der Waals surface area contributed by atoms with E-state index < -0.39 is 0 Å². The van der Waals surface area contributed by atoms with Crippen molar-refractivity contribution in [1.82, 2.24) is 0 Å². The number of ether oxygens (including phenoxy) is 2. The van der Waals surface area contributed by atoms with Crippen LogP contribution in [0.5, 0.6) is 0 Å². The first-order valence-electron chi connectivity index (χ1n) is 4.66. The van der Waals surface area contributed by atoms with Gasteiger partial charge in [-0.25, -0.2) is 0 Å². The molecular weight excluding hydrogens is 180 g/mol. The minimum atomic E-state index is -0.361. The van der Waals surface area contributed by atoms with Crippen molar-refractivity contribution in [1.29, 1.82) is 0 Å². The van der Waals surface area contributed by atoms with Gasteiger partial charge in [-0.1, -0.05) is 6.08 Å². The largest absolute Gasteiger partial charge is 0.493 e. The van der Waals surface area contributed by atoms with Crippen molar-refractivity contribution in [3.8, 4) is 0 Å². The van der Waals surface area contributed by atoms with Crippen molar-refractivity contribution in [2.75, 3.05) is 14.2 Å². The first-order chi connectivity index (χ1) is 6.72. The molecule has 3 nitrogen and oxygen atoms in total. The predicted molar refractivity (Wildman–Crippen MR) is 53.8 cm³/mol. The van der Waals surface area contributed by atoms with Crippen molar-refractivity contribution >= 4 is 5.78 Å². The predicted octanol–water partition coefficient (Wildman–Crippen LogP) is 1.70. The van der Waals surface area contributed by atoms with Crippen LogP contribution < -0.4 is 0 Å². The maximum atomic E-state index is 11.6. The van der Waals surface area contributed by atoms with Crippen LogP contribution in [0.4, 0.5) is 0 Å². The summed E-state index contributed by atoms with van der Waals surface area (Å²) in [6.07, 6.45) is 4.91. The molecule has 3 heteroatoms. The van der Waals surface area contributed by atoms with Crippen molar-refractivity contribution in [3.05, 3.63) is 24.5 Å². The van der Waals surface area contributed by atoms with Gasteiger partial charge < -0.3 is 9.47 Å². The van der Waals surface area contributed by atoms with Gasteiger partial charge in [-0.15, -0.1) is 6.58 Å². The average Bonchev–Trinajstić information content (AvgIpc) is 2.20. The lowest BCUT2D eigenvalue weighted by atomic mass is 9.89. The Bertz CT molecular complexity index is 255. The second-order valence-corrected chi connectivity index (χ2v) is 3.34. The molecule has 0 aliphatic heterocycles. The third kappa shape index (κ3) is 2.23. The molecule has 0 fully saturated rings. The van der Waals surface area contributed by atoms with Crippen LogP contribution in [0.1, 0.15) is 12.8 Å². The highest BCUT2D eigenvalue weighted by atomic mass is 16.5. The van der Waals surface area contributed by atoms with E-state index in [0.29, 0.717) is 18.1 Å². The standard InChI is InChI=1S/C11H16O3/c1-4-5-8-6-9(13-2)11(12)10(7-8)14-3/h4,6,8,10H,1,5,7H2,2-3H3. The van der Waals surface area contributed by atoms with Gasteiger partial charge in [0.15, 0.2) is 5.76 Å². The zero-order valence-electron chi connectivity index (χ0n) is 8.66. The second-order valence-electron chi connectivity index (χ2n) is 3.34. The Hall–Kier alpha value is -1.09. The highest BCUT2D eigenvalue weighted by Gasteiger charge is 2.30. The Kier molecular flexibility index (Phi) is 3.89. The van der Waals surface area contributed by atoms with E-state index in [1.54, 1.807) is 7.11 Å². The second kappa shape index (κ2) is 4.96. The fraction of sp³-hybridized carbons (Fsp3) is 0.545. The number of ketones is 1. The molecule has 14 heavy (non-hydrogen) atoms. The monoisotopic (exact) mass is 196 g/mol. The Morgan fingerprint density at radius 2 is 2.36 bits per heavy atom. The van der Waals surface area contributed by atoms with E-state index in [1.807, 2.05) is 12.2 Å². The molecule has 0 aromatic heterocycles. The number of carbonyl (C=O) groups is 1. The zero-order chi connectivity index (χ0) is 10.6. The molecule has 1 aliphatic carbocycles. The highest BCUT2D eigenvalue weighted by molar-refractivity contribution is 5.97. The maximum Gasteiger partial charge on any atom is 0.225 e. The molecule has 1 aliphatic rings. The molecule has 1 rings (SSSR count). The summed E-state index contributed by atoms with van der Waals surface area (Å²) in [5.74, 6) is 0.648. The maximum absolute atomic E-state index is 11.6. The normalized spacial score (nSPS) is 27.0. The Morgan fingerprint density at radius 1 is 1.64 bits per heavy atom. The van der Waals surface area contributed by atoms with Gasteiger partial charge >= 0.3 is 0 Å². The number of methoxy groups -OCH3 is 2. The zero-order valence-corrected chi connectivity index (χ0v) is 8.66. The van der Waals surface area contributed by atoms with Crippen LogP contribution in [0.3, 0.4) is 0 Å². The van der Waals surface area contributed by atoms with Crippen molar-refractivity contribution in [3.63, 3.8) is 0 Å². The summed E-state index contributed by atoms with van der Waals surface area (Å²) < 4.78 is 10.1. The van der Waals surface area contributed by atoms with Gasteiger partial charge in [0.25, 0.3) is 0 Å². The molecule has 0 spiro atoms. The third-order valence-corrected chi connectivity index (χ3v) is 2.41. The minimum Gasteiger partial charge on any atom is -0.493 e. The molecule has 2 atom stereocenters. The number of Topliss-reactive ketones (excluding diaryl/α,β-unsaturated/α-hetero) is 1. The molecule has 0 N–H and O–H groups in total. The highest BCUT2D eigenvalue weighted by Crippen LogP contribution is 2.25. The Labute approximate surface area is 84.4 Å². The molecule has 0 saturated carbocycles. The summed E-state index contributed by atoms with van der Waals surface area (Å²) in [6.45, 7) is 3.68. The third-order valence-electron chi connectivity index (χ3n) is 2.41. The first kappa shape index (κ1) is 11.0. The summed E-state index contributed by atoms with van der Waals surface area (Å²) in [5.41, 5.74) is 0. The van der Waals surface area contributed by atoms with Gasteiger partial charge in [-0.05, 0) is 24.8 Å². The van der Waals surface area contributed by atoms with Crippen LogP contribution in [-0.2, 0) is 14.3 Å². The molecule has 78 valence electrons. The van der Waals surface area contributed by atoms with Gasteiger partial charge in [-0.3, -0.25) is 4.79 Å². The molecule has 0 heterocycles. The van der Waals surface area contributed by atoms with Crippen molar-refractivity contribution in [2.45, 2.75) is 18.9 Å². The number of allylic oxidation sites excluding steroid dienone is 2. The van der Waals surface area contributed by atoms with Crippen LogP contribution in [0.2, 0.25) is 0 Å². The number of hydrogen-bond acceptors (Lipinski definition) is 3. The molecule has 2 unspecified atom stereocenters. The molecule has 0 amide bonds. The lowest BCUT2D eigenvalue weighted by Crippen LogP contribution is -2.31. The van der Waals surface area contributed by atoms with E-state index in [9.17, 15) is 4.79 Å². The van der Waals surface area contributed by atoms with E-state index >= 15 is 0 Å². The van der Waals surface area contributed by atoms with Gasteiger partial charge in [0.2, 0.25) is 5.78 Å². The average molecular weight is 196 g/mol. The van der Waals surface area contributed by atoms with E-state index in [2.05, 4.69) is 6.58 Å². The SMILES string of the molecule is C=CCC1C=C(OC)C(=O)C(OC)C1. The van der Waals surface area contributed by atoms with Crippen molar-refractivity contribution < 1.29 is 14.3 Å². The summed E-state index contributed by atoms with van der Waals surface area (Å²) in [6, 6.07) is 0. The topological polar surface area (TPSA) is 35.5 Å². The smallest absolute Gasteiger partial charge is 0.225 e. The summed E-state index contributed by atoms with van der Waals surface area (Å²) in [7, 11) is 3.05. The van der Waals surface area contributed by atoms with Crippen LogP contribution in [0.25, 0.3) is 0 Å².